The quantitative estimate of drug-likeness (QED) is 0.519. The van der Waals surface area contributed by atoms with Gasteiger partial charge >= 0.3 is 0 Å². The van der Waals surface area contributed by atoms with E-state index in [0.29, 0.717) is 38.4 Å². The highest BCUT2D eigenvalue weighted by molar-refractivity contribution is 5.78. The van der Waals surface area contributed by atoms with Gasteiger partial charge in [0.25, 0.3) is 0 Å². The topological polar surface area (TPSA) is 63.6 Å². The van der Waals surface area contributed by atoms with Crippen LogP contribution in [0.1, 0.15) is 51.9 Å². The summed E-state index contributed by atoms with van der Waals surface area (Å²) in [6, 6.07) is 0. The largest absolute Gasteiger partial charge is 0.379 e. The van der Waals surface area contributed by atoms with Crippen LogP contribution >= 0.6 is 0 Å². The van der Waals surface area contributed by atoms with Crippen LogP contribution in [-0.2, 0) is 14.3 Å². The molecule has 0 amide bonds. The van der Waals surface area contributed by atoms with E-state index in [1.165, 1.54) is 0 Å². The molecular weight excluding hydrogens is 220 g/mol. The number of aliphatic hydroxyl groups is 1. The highest BCUT2D eigenvalue weighted by atomic mass is 16.5. The van der Waals surface area contributed by atoms with E-state index in [0.717, 1.165) is 25.7 Å². The molecule has 98 valence electrons. The molecule has 0 aromatic rings. The molecule has 2 atom stereocenters. The minimum atomic E-state index is -1.63. The molecule has 0 aliphatic heterocycles. The third-order valence-corrected chi connectivity index (χ3v) is 3.58. The molecular formula is C13H22O4. The fourth-order valence-corrected chi connectivity index (χ4v) is 2.38. The van der Waals surface area contributed by atoms with Crippen molar-refractivity contribution in [3.8, 4) is 0 Å². The SMILES string of the molecule is CCCCCCO[C@]1(C=O)CCC[C@]1(O)C=O. The molecule has 1 fully saturated rings. The van der Waals surface area contributed by atoms with Crippen LogP contribution in [0.5, 0.6) is 0 Å². The number of carbonyl (C=O) groups is 2. The van der Waals surface area contributed by atoms with Gasteiger partial charge in [-0.15, -0.1) is 0 Å². The molecule has 0 heterocycles. The van der Waals surface area contributed by atoms with Crippen molar-refractivity contribution in [3.63, 3.8) is 0 Å². The van der Waals surface area contributed by atoms with Crippen molar-refractivity contribution < 1.29 is 19.4 Å². The van der Waals surface area contributed by atoms with E-state index in [9.17, 15) is 14.7 Å². The molecule has 0 bridgehead atoms. The van der Waals surface area contributed by atoms with Gasteiger partial charge in [0.15, 0.2) is 23.8 Å². The summed E-state index contributed by atoms with van der Waals surface area (Å²) in [4.78, 5) is 22.1. The maximum atomic E-state index is 11.2. The van der Waals surface area contributed by atoms with Gasteiger partial charge in [0.1, 0.15) is 0 Å². The van der Waals surface area contributed by atoms with E-state index in [-0.39, 0.29) is 0 Å². The van der Waals surface area contributed by atoms with Gasteiger partial charge in [0.05, 0.1) is 0 Å². The molecule has 0 aromatic carbocycles. The van der Waals surface area contributed by atoms with Crippen molar-refractivity contribution in [1.29, 1.82) is 0 Å². The third kappa shape index (κ3) is 2.93. The van der Waals surface area contributed by atoms with Gasteiger partial charge in [0.2, 0.25) is 0 Å². The lowest BCUT2D eigenvalue weighted by atomic mass is 9.88. The lowest BCUT2D eigenvalue weighted by molar-refractivity contribution is -0.172. The Morgan fingerprint density at radius 3 is 2.53 bits per heavy atom. The summed E-state index contributed by atoms with van der Waals surface area (Å²) in [6.45, 7) is 2.55. The molecule has 0 saturated heterocycles. The number of carbonyl (C=O) groups excluding carboxylic acids is 2. The fourth-order valence-electron chi connectivity index (χ4n) is 2.38. The van der Waals surface area contributed by atoms with Crippen LogP contribution in [0.25, 0.3) is 0 Å². The molecule has 0 radical (unpaired) electrons. The molecule has 1 N–H and O–H groups in total. The molecule has 1 rings (SSSR count). The van der Waals surface area contributed by atoms with Crippen LogP contribution in [0, 0.1) is 0 Å². The van der Waals surface area contributed by atoms with E-state index in [4.69, 9.17) is 4.74 Å². The third-order valence-electron chi connectivity index (χ3n) is 3.58. The molecule has 0 aromatic heterocycles. The van der Waals surface area contributed by atoms with Crippen molar-refractivity contribution in [2.45, 2.75) is 63.1 Å². The number of unbranched alkanes of at least 4 members (excludes halogenated alkanes) is 3. The normalized spacial score (nSPS) is 32.6. The molecule has 1 aliphatic carbocycles. The van der Waals surface area contributed by atoms with Gasteiger partial charge in [-0.3, -0.25) is 4.79 Å². The second-order valence-corrected chi connectivity index (χ2v) is 4.81. The van der Waals surface area contributed by atoms with Gasteiger partial charge < -0.3 is 14.6 Å². The first-order chi connectivity index (χ1) is 8.14. The summed E-state index contributed by atoms with van der Waals surface area (Å²) in [5.41, 5.74) is -2.93. The molecule has 1 aliphatic rings. The Morgan fingerprint density at radius 1 is 1.18 bits per heavy atom. The molecule has 17 heavy (non-hydrogen) atoms. The minimum Gasteiger partial charge on any atom is -0.379 e. The second kappa shape index (κ2) is 6.26. The van der Waals surface area contributed by atoms with Crippen molar-refractivity contribution in [1.82, 2.24) is 0 Å². The van der Waals surface area contributed by atoms with Gasteiger partial charge in [-0.05, 0) is 25.7 Å². The summed E-state index contributed by atoms with van der Waals surface area (Å²) in [7, 11) is 0. The lowest BCUT2D eigenvalue weighted by Crippen LogP contribution is -2.54. The Balaban J connectivity index is 2.51. The number of ether oxygens (including phenoxy) is 1. The predicted molar refractivity (Wildman–Crippen MR) is 63.8 cm³/mol. The molecule has 4 heteroatoms. The van der Waals surface area contributed by atoms with Crippen LogP contribution in [0.2, 0.25) is 0 Å². The van der Waals surface area contributed by atoms with E-state index in [1.54, 1.807) is 0 Å². The molecule has 0 unspecified atom stereocenters. The van der Waals surface area contributed by atoms with Gasteiger partial charge in [-0.1, -0.05) is 26.2 Å². The Labute approximate surface area is 102 Å². The first-order valence-corrected chi connectivity index (χ1v) is 6.43. The van der Waals surface area contributed by atoms with E-state index in [1.807, 2.05) is 0 Å². The average Bonchev–Trinajstić information content (AvgIpc) is 2.68. The van der Waals surface area contributed by atoms with E-state index in [2.05, 4.69) is 6.92 Å². The minimum absolute atomic E-state index is 0.310. The average molecular weight is 242 g/mol. The molecule has 1 saturated carbocycles. The Bertz CT molecular complexity index is 266. The Morgan fingerprint density at radius 2 is 1.94 bits per heavy atom. The standard InChI is InChI=1S/C13H22O4/c1-2-3-4-5-9-17-13(11-15)8-6-7-12(13,16)10-14/h10-11,16H,2-9H2,1H3/t12-,13-/m0/s1. The van der Waals surface area contributed by atoms with E-state index >= 15 is 0 Å². The Hall–Kier alpha value is -0.740. The summed E-state index contributed by atoms with van der Waals surface area (Å²) in [5, 5.41) is 10.1. The molecule has 0 spiro atoms. The monoisotopic (exact) mass is 242 g/mol. The van der Waals surface area contributed by atoms with E-state index < -0.39 is 11.2 Å². The van der Waals surface area contributed by atoms with Crippen molar-refractivity contribution in [2.24, 2.45) is 0 Å². The van der Waals surface area contributed by atoms with Crippen molar-refractivity contribution in [2.75, 3.05) is 6.61 Å². The zero-order valence-electron chi connectivity index (χ0n) is 10.5. The smallest absolute Gasteiger partial charge is 0.158 e. The van der Waals surface area contributed by atoms with Crippen molar-refractivity contribution in [3.05, 3.63) is 0 Å². The van der Waals surface area contributed by atoms with Gasteiger partial charge in [-0.25, -0.2) is 0 Å². The first kappa shape index (κ1) is 14.3. The summed E-state index contributed by atoms with van der Waals surface area (Å²) in [5.74, 6) is 0. The van der Waals surface area contributed by atoms with Crippen molar-refractivity contribution >= 4 is 12.6 Å². The maximum Gasteiger partial charge on any atom is 0.158 e. The maximum absolute atomic E-state index is 11.2. The zero-order chi connectivity index (χ0) is 12.8. The van der Waals surface area contributed by atoms with Crippen LogP contribution in [-0.4, -0.2) is 35.5 Å². The number of hydrogen-bond donors (Lipinski definition) is 1. The lowest BCUT2D eigenvalue weighted by Gasteiger charge is -2.33. The number of aldehydes is 2. The predicted octanol–water partition coefficient (Wildman–Crippen LogP) is 1.63. The first-order valence-electron chi connectivity index (χ1n) is 6.43. The summed E-state index contributed by atoms with van der Waals surface area (Å²) < 4.78 is 5.54. The van der Waals surface area contributed by atoms with Gasteiger partial charge in [-0.2, -0.15) is 0 Å². The highest BCUT2D eigenvalue weighted by Crippen LogP contribution is 2.39. The number of rotatable bonds is 8. The van der Waals surface area contributed by atoms with Gasteiger partial charge in [0, 0.05) is 6.61 Å². The summed E-state index contributed by atoms with van der Waals surface area (Å²) in [6.07, 6.45) is 6.62. The second-order valence-electron chi connectivity index (χ2n) is 4.81. The highest BCUT2D eigenvalue weighted by Gasteiger charge is 2.55. The Kier molecular flexibility index (Phi) is 5.28. The fraction of sp³-hybridized carbons (Fsp3) is 0.846. The number of hydrogen-bond acceptors (Lipinski definition) is 4. The summed E-state index contributed by atoms with van der Waals surface area (Å²) >= 11 is 0. The van der Waals surface area contributed by atoms with Crippen LogP contribution < -0.4 is 0 Å². The molecule has 4 nitrogen and oxygen atoms in total. The zero-order valence-corrected chi connectivity index (χ0v) is 10.5. The van der Waals surface area contributed by atoms with Crippen LogP contribution in [0.3, 0.4) is 0 Å². The van der Waals surface area contributed by atoms with Crippen LogP contribution in [0.15, 0.2) is 0 Å². The van der Waals surface area contributed by atoms with Crippen LogP contribution in [0.4, 0.5) is 0 Å².